The summed E-state index contributed by atoms with van der Waals surface area (Å²) in [4.78, 5) is 27.7. The molecule has 0 spiro atoms. The van der Waals surface area contributed by atoms with Gasteiger partial charge in [-0.2, -0.15) is 13.2 Å². The van der Waals surface area contributed by atoms with E-state index in [1.807, 2.05) is 6.92 Å². The highest BCUT2D eigenvalue weighted by molar-refractivity contribution is 5.79. The van der Waals surface area contributed by atoms with Gasteiger partial charge in [-0.25, -0.2) is 4.79 Å². The highest BCUT2D eigenvalue weighted by atomic mass is 19.4. The molecule has 0 aromatic heterocycles. The zero-order chi connectivity index (χ0) is 20.0. The summed E-state index contributed by atoms with van der Waals surface area (Å²) < 4.78 is 42.9. The number of likely N-dealkylation sites (tertiary alicyclic amines) is 1. The Hall–Kier alpha value is -2.25. The normalized spacial score (nSPS) is 15.5. The Morgan fingerprint density at radius 3 is 2.22 bits per heavy atom. The second kappa shape index (κ2) is 9.10. The molecule has 1 saturated heterocycles. The van der Waals surface area contributed by atoms with Crippen LogP contribution in [0.4, 0.5) is 18.0 Å². The van der Waals surface area contributed by atoms with Crippen LogP contribution in [0.5, 0.6) is 0 Å². The van der Waals surface area contributed by atoms with E-state index in [9.17, 15) is 22.8 Å². The van der Waals surface area contributed by atoms with Crippen molar-refractivity contribution in [3.8, 4) is 0 Å². The maximum absolute atomic E-state index is 12.8. The molecule has 2 amide bonds. The molecule has 0 bridgehead atoms. The second-order valence-electron chi connectivity index (χ2n) is 6.51. The fourth-order valence-electron chi connectivity index (χ4n) is 3.15. The van der Waals surface area contributed by atoms with Gasteiger partial charge in [-0.3, -0.25) is 4.79 Å². The molecule has 1 aliphatic heterocycles. The lowest BCUT2D eigenvalue weighted by Crippen LogP contribution is -2.44. The Labute approximate surface area is 157 Å². The van der Waals surface area contributed by atoms with Gasteiger partial charge >= 0.3 is 12.3 Å². The molecule has 27 heavy (non-hydrogen) atoms. The molecule has 0 atom stereocenters. The van der Waals surface area contributed by atoms with Crippen molar-refractivity contribution in [1.82, 2.24) is 9.80 Å². The molecule has 8 heteroatoms. The first-order valence-electron chi connectivity index (χ1n) is 9.12. The van der Waals surface area contributed by atoms with Crippen molar-refractivity contribution in [2.24, 2.45) is 5.92 Å². The monoisotopic (exact) mass is 386 g/mol. The van der Waals surface area contributed by atoms with E-state index in [-0.39, 0.29) is 24.5 Å². The van der Waals surface area contributed by atoms with Crippen molar-refractivity contribution in [1.29, 1.82) is 0 Å². The van der Waals surface area contributed by atoms with Gasteiger partial charge in [0.15, 0.2) is 0 Å². The van der Waals surface area contributed by atoms with E-state index >= 15 is 0 Å². The molecule has 150 valence electrons. The summed E-state index contributed by atoms with van der Waals surface area (Å²) in [5.74, 6) is -0.217. The lowest BCUT2D eigenvalue weighted by atomic mass is 9.95. The number of ether oxygens (including phenoxy) is 1. The number of carbonyl (C=O) groups excluding carboxylic acids is 2. The van der Waals surface area contributed by atoms with Crippen molar-refractivity contribution in [2.45, 2.75) is 39.4 Å². The number of nitrogens with zero attached hydrogens (tertiary/aromatic N) is 2. The molecule has 5 nitrogen and oxygen atoms in total. The lowest BCUT2D eigenvalue weighted by molar-refractivity contribution is -0.138. The van der Waals surface area contributed by atoms with Crippen molar-refractivity contribution in [3.05, 3.63) is 35.4 Å². The number of alkyl halides is 3. The first-order chi connectivity index (χ1) is 12.8. The van der Waals surface area contributed by atoms with Crippen molar-refractivity contribution >= 4 is 12.0 Å². The minimum absolute atomic E-state index is 0.0269. The predicted molar refractivity (Wildman–Crippen MR) is 93.9 cm³/mol. The van der Waals surface area contributed by atoms with E-state index in [2.05, 4.69) is 0 Å². The number of piperidine rings is 1. The fraction of sp³-hybridized carbons (Fsp3) is 0.579. The SMILES string of the molecule is CCOC(=O)N1CCC(C(=O)N(CC)Cc2ccc(C(F)(F)F)cc2)CC1. The average Bonchev–Trinajstić information content (AvgIpc) is 2.65. The Bertz CT molecular complexity index is 639. The van der Waals surface area contributed by atoms with Crippen LogP contribution in [0.25, 0.3) is 0 Å². The average molecular weight is 386 g/mol. The smallest absolute Gasteiger partial charge is 0.416 e. The van der Waals surface area contributed by atoms with Crippen LogP contribution in [0.3, 0.4) is 0 Å². The molecule has 1 aromatic rings. The third kappa shape index (κ3) is 5.61. The van der Waals surface area contributed by atoms with Crippen molar-refractivity contribution < 1.29 is 27.5 Å². The number of benzene rings is 1. The Morgan fingerprint density at radius 1 is 1.15 bits per heavy atom. The molecule has 1 aromatic carbocycles. The van der Waals surface area contributed by atoms with Crippen molar-refractivity contribution in [2.75, 3.05) is 26.2 Å². The summed E-state index contributed by atoms with van der Waals surface area (Å²) >= 11 is 0. The molecule has 0 N–H and O–H groups in total. The summed E-state index contributed by atoms with van der Waals surface area (Å²) in [6.45, 7) is 5.57. The largest absolute Gasteiger partial charge is 0.450 e. The summed E-state index contributed by atoms with van der Waals surface area (Å²) in [5.41, 5.74) is -0.0471. The van der Waals surface area contributed by atoms with E-state index in [1.165, 1.54) is 12.1 Å². The van der Waals surface area contributed by atoms with Crippen LogP contribution in [0.1, 0.15) is 37.8 Å². The van der Waals surface area contributed by atoms with Crippen molar-refractivity contribution in [3.63, 3.8) is 0 Å². The number of rotatable bonds is 5. The molecule has 1 fully saturated rings. The van der Waals surface area contributed by atoms with E-state index < -0.39 is 11.7 Å². The zero-order valence-electron chi connectivity index (χ0n) is 15.6. The first kappa shape index (κ1) is 21.1. The zero-order valence-corrected chi connectivity index (χ0v) is 15.6. The van der Waals surface area contributed by atoms with Crippen LogP contribution in [-0.2, 0) is 22.3 Å². The highest BCUT2D eigenvalue weighted by Gasteiger charge is 2.31. The van der Waals surface area contributed by atoms with Gasteiger partial charge in [0.2, 0.25) is 5.91 Å². The van der Waals surface area contributed by atoms with E-state index in [0.717, 1.165) is 12.1 Å². The molecular weight excluding hydrogens is 361 g/mol. The molecule has 0 radical (unpaired) electrons. The van der Waals surface area contributed by atoms with E-state index in [1.54, 1.807) is 16.7 Å². The molecule has 2 rings (SSSR count). The standard InChI is InChI=1S/C19H25F3N2O3/c1-3-23(13-14-5-7-16(8-6-14)19(20,21)22)17(25)15-9-11-24(12-10-15)18(26)27-4-2/h5-8,15H,3-4,9-13H2,1-2H3. The molecule has 1 aliphatic rings. The fourth-order valence-corrected chi connectivity index (χ4v) is 3.15. The third-order valence-corrected chi connectivity index (χ3v) is 4.72. The van der Waals surface area contributed by atoms with Gasteiger partial charge in [0.1, 0.15) is 0 Å². The molecule has 0 unspecified atom stereocenters. The van der Waals surface area contributed by atoms with Crippen LogP contribution < -0.4 is 0 Å². The minimum atomic E-state index is -4.37. The van der Waals surface area contributed by atoms with Gasteiger partial charge in [0.05, 0.1) is 12.2 Å². The van der Waals surface area contributed by atoms with Crippen LogP contribution >= 0.6 is 0 Å². The molecule has 0 aliphatic carbocycles. The van der Waals surface area contributed by atoms with Crippen LogP contribution in [0.15, 0.2) is 24.3 Å². The Kier molecular flexibility index (Phi) is 7.10. The van der Waals surface area contributed by atoms with Gasteiger partial charge in [-0.15, -0.1) is 0 Å². The molecular formula is C19H25F3N2O3. The maximum Gasteiger partial charge on any atom is 0.416 e. The quantitative estimate of drug-likeness (QED) is 0.771. The van der Waals surface area contributed by atoms with Crippen LogP contribution in [0.2, 0.25) is 0 Å². The molecule has 1 heterocycles. The first-order valence-corrected chi connectivity index (χ1v) is 9.12. The maximum atomic E-state index is 12.8. The summed E-state index contributed by atoms with van der Waals surface area (Å²) in [6, 6.07) is 4.88. The summed E-state index contributed by atoms with van der Waals surface area (Å²) in [6.07, 6.45) is -3.62. The summed E-state index contributed by atoms with van der Waals surface area (Å²) in [5, 5.41) is 0. The lowest BCUT2D eigenvalue weighted by Gasteiger charge is -2.33. The van der Waals surface area contributed by atoms with E-state index in [0.29, 0.717) is 44.6 Å². The van der Waals surface area contributed by atoms with Gasteiger partial charge in [-0.05, 0) is 44.4 Å². The second-order valence-corrected chi connectivity index (χ2v) is 6.51. The van der Waals surface area contributed by atoms with E-state index in [4.69, 9.17) is 4.74 Å². The number of hydrogen-bond acceptors (Lipinski definition) is 3. The van der Waals surface area contributed by atoms with Gasteiger partial charge in [0, 0.05) is 32.1 Å². The summed E-state index contributed by atoms with van der Waals surface area (Å²) in [7, 11) is 0. The third-order valence-electron chi connectivity index (χ3n) is 4.72. The highest BCUT2D eigenvalue weighted by Crippen LogP contribution is 2.29. The number of halogens is 3. The van der Waals surface area contributed by atoms with Crippen LogP contribution in [-0.4, -0.2) is 48.0 Å². The van der Waals surface area contributed by atoms with Gasteiger partial charge < -0.3 is 14.5 Å². The Balaban J connectivity index is 1.93. The van der Waals surface area contributed by atoms with Crippen LogP contribution in [0, 0.1) is 5.92 Å². The number of hydrogen-bond donors (Lipinski definition) is 0. The van der Waals surface area contributed by atoms with Gasteiger partial charge in [0.25, 0.3) is 0 Å². The minimum Gasteiger partial charge on any atom is -0.450 e. The molecule has 0 saturated carbocycles. The van der Waals surface area contributed by atoms with Gasteiger partial charge in [-0.1, -0.05) is 12.1 Å². The topological polar surface area (TPSA) is 49.9 Å². The predicted octanol–water partition coefficient (Wildman–Crippen LogP) is 3.92. The number of amides is 2. The Morgan fingerprint density at radius 2 is 1.74 bits per heavy atom. The number of carbonyl (C=O) groups is 2.